The summed E-state index contributed by atoms with van der Waals surface area (Å²) >= 11 is 1.30. The third-order valence-corrected chi connectivity index (χ3v) is 4.18. The van der Waals surface area contributed by atoms with E-state index in [0.29, 0.717) is 11.0 Å². The molecule has 1 amide bonds. The van der Waals surface area contributed by atoms with Crippen molar-refractivity contribution < 1.29 is 9.72 Å². The number of aromatic nitrogens is 4. The van der Waals surface area contributed by atoms with E-state index in [0.717, 1.165) is 17.8 Å². The molecule has 2 heterocycles. The van der Waals surface area contributed by atoms with Crippen LogP contribution in [0.3, 0.4) is 0 Å². The number of hydrogen-bond acceptors (Lipinski definition) is 7. The van der Waals surface area contributed by atoms with E-state index in [1.807, 2.05) is 0 Å². The molecule has 1 N–H and O–H groups in total. The van der Waals surface area contributed by atoms with Crippen molar-refractivity contribution in [1.29, 1.82) is 0 Å². The molecule has 0 aromatic carbocycles. The summed E-state index contributed by atoms with van der Waals surface area (Å²) in [6.07, 6.45) is 2.18. The molecule has 0 saturated heterocycles. The molecular formula is C11H12N6O3S. The second kappa shape index (κ2) is 4.88. The quantitative estimate of drug-likeness (QED) is 0.677. The summed E-state index contributed by atoms with van der Waals surface area (Å²) in [6, 6.07) is 0. The Labute approximate surface area is 123 Å². The Morgan fingerprint density at radius 3 is 2.81 bits per heavy atom. The van der Waals surface area contributed by atoms with Gasteiger partial charge in [0.25, 0.3) is 5.91 Å². The van der Waals surface area contributed by atoms with Crippen LogP contribution in [0.25, 0.3) is 0 Å². The number of rotatable bonds is 4. The fourth-order valence-electron chi connectivity index (χ4n) is 2.06. The molecule has 0 atom stereocenters. The van der Waals surface area contributed by atoms with Crippen molar-refractivity contribution in [2.45, 2.75) is 25.7 Å². The molecule has 1 aliphatic carbocycles. The number of nitro groups is 1. The molecule has 110 valence electrons. The number of carbonyl (C=O) groups excluding carboxylic acids is 1. The maximum Gasteiger partial charge on any atom is 0.322 e. The van der Waals surface area contributed by atoms with E-state index in [9.17, 15) is 14.9 Å². The highest BCUT2D eigenvalue weighted by molar-refractivity contribution is 7.15. The SMILES string of the molecule is Cc1nn(C)c(C(=O)Nc2nnc(C3CC3)s2)c1[N+](=O)[O-]. The molecule has 10 heteroatoms. The third kappa shape index (κ3) is 2.49. The van der Waals surface area contributed by atoms with Gasteiger partial charge in [0.05, 0.1) is 4.92 Å². The number of hydrogen-bond donors (Lipinski definition) is 1. The molecule has 0 radical (unpaired) electrons. The second-order valence-electron chi connectivity index (χ2n) is 4.84. The Kier molecular flexibility index (Phi) is 3.16. The minimum absolute atomic E-state index is 0.0966. The first-order valence-electron chi connectivity index (χ1n) is 6.30. The van der Waals surface area contributed by atoms with E-state index in [4.69, 9.17) is 0 Å². The lowest BCUT2D eigenvalue weighted by molar-refractivity contribution is -0.385. The van der Waals surface area contributed by atoms with Gasteiger partial charge in [0.2, 0.25) is 10.8 Å². The number of carbonyl (C=O) groups is 1. The van der Waals surface area contributed by atoms with Crippen LogP contribution < -0.4 is 5.32 Å². The topological polar surface area (TPSA) is 116 Å². The molecule has 0 aliphatic heterocycles. The fraction of sp³-hybridized carbons (Fsp3) is 0.455. The fourth-order valence-corrected chi connectivity index (χ4v) is 2.96. The molecule has 3 rings (SSSR count). The molecule has 1 aliphatic rings. The lowest BCUT2D eigenvalue weighted by Crippen LogP contribution is -2.17. The van der Waals surface area contributed by atoms with Gasteiger partial charge in [-0.25, -0.2) is 0 Å². The normalized spacial score (nSPS) is 14.2. The van der Waals surface area contributed by atoms with Crippen LogP contribution >= 0.6 is 11.3 Å². The molecule has 2 aromatic rings. The average Bonchev–Trinajstić information content (AvgIpc) is 3.07. The van der Waals surface area contributed by atoms with Crippen LogP contribution in [0.1, 0.15) is 39.9 Å². The number of amides is 1. The van der Waals surface area contributed by atoms with Crippen LogP contribution in [-0.2, 0) is 7.05 Å². The van der Waals surface area contributed by atoms with Crippen molar-refractivity contribution in [2.75, 3.05) is 5.32 Å². The predicted octanol–water partition coefficient (Wildman–Crippen LogP) is 1.62. The Morgan fingerprint density at radius 1 is 1.48 bits per heavy atom. The number of nitrogens with one attached hydrogen (secondary N) is 1. The van der Waals surface area contributed by atoms with Gasteiger partial charge in [0.1, 0.15) is 10.7 Å². The van der Waals surface area contributed by atoms with Crippen LogP contribution in [0.15, 0.2) is 0 Å². The van der Waals surface area contributed by atoms with Crippen LogP contribution in [0, 0.1) is 17.0 Å². The Bertz CT molecular complexity index is 732. The molecule has 9 nitrogen and oxygen atoms in total. The molecule has 1 fully saturated rings. The summed E-state index contributed by atoms with van der Waals surface area (Å²) in [4.78, 5) is 22.7. The molecule has 0 unspecified atom stereocenters. The molecule has 0 bridgehead atoms. The van der Waals surface area contributed by atoms with E-state index >= 15 is 0 Å². The van der Waals surface area contributed by atoms with Gasteiger partial charge in [-0.05, 0) is 19.8 Å². The van der Waals surface area contributed by atoms with Gasteiger partial charge < -0.3 is 0 Å². The Hall–Kier alpha value is -2.36. The predicted molar refractivity (Wildman–Crippen MR) is 74.4 cm³/mol. The van der Waals surface area contributed by atoms with Gasteiger partial charge in [0, 0.05) is 13.0 Å². The standard InChI is InChI=1S/C11H12N6O3S/c1-5-7(17(19)20)8(16(2)15-5)9(18)12-11-14-13-10(21-11)6-3-4-6/h6H,3-4H2,1-2H3,(H,12,14,18). The number of nitrogens with zero attached hydrogens (tertiary/aromatic N) is 5. The summed E-state index contributed by atoms with van der Waals surface area (Å²) in [7, 11) is 1.49. The van der Waals surface area contributed by atoms with Gasteiger partial charge >= 0.3 is 5.69 Å². The average molecular weight is 308 g/mol. The van der Waals surface area contributed by atoms with Gasteiger partial charge in [-0.2, -0.15) is 5.10 Å². The van der Waals surface area contributed by atoms with Crippen molar-refractivity contribution in [2.24, 2.45) is 7.05 Å². The third-order valence-electron chi connectivity index (χ3n) is 3.18. The first kappa shape index (κ1) is 13.6. The van der Waals surface area contributed by atoms with Crippen molar-refractivity contribution in [3.8, 4) is 0 Å². The highest BCUT2D eigenvalue weighted by atomic mass is 32.1. The first-order chi connectivity index (χ1) is 9.97. The summed E-state index contributed by atoms with van der Waals surface area (Å²) in [5.74, 6) is -0.162. The zero-order chi connectivity index (χ0) is 15.1. The van der Waals surface area contributed by atoms with E-state index in [1.165, 1.54) is 30.0 Å². The summed E-state index contributed by atoms with van der Waals surface area (Å²) in [5.41, 5.74) is -0.189. The van der Waals surface area contributed by atoms with E-state index < -0.39 is 10.8 Å². The van der Waals surface area contributed by atoms with Gasteiger partial charge in [-0.3, -0.25) is 24.9 Å². The van der Waals surface area contributed by atoms with Crippen LogP contribution in [0.5, 0.6) is 0 Å². The van der Waals surface area contributed by atoms with Crippen molar-refractivity contribution in [1.82, 2.24) is 20.0 Å². The van der Waals surface area contributed by atoms with E-state index in [1.54, 1.807) is 0 Å². The minimum atomic E-state index is -0.608. The second-order valence-corrected chi connectivity index (χ2v) is 5.85. The number of anilines is 1. The lowest BCUT2D eigenvalue weighted by Gasteiger charge is -2.00. The molecule has 21 heavy (non-hydrogen) atoms. The summed E-state index contributed by atoms with van der Waals surface area (Å²) in [5, 5.41) is 26.7. The minimum Gasteiger partial charge on any atom is -0.295 e. The zero-order valence-electron chi connectivity index (χ0n) is 11.4. The highest BCUT2D eigenvalue weighted by Gasteiger charge is 2.31. The summed E-state index contributed by atoms with van der Waals surface area (Å²) in [6.45, 7) is 1.49. The monoisotopic (exact) mass is 308 g/mol. The smallest absolute Gasteiger partial charge is 0.295 e. The maximum absolute atomic E-state index is 12.2. The van der Waals surface area contributed by atoms with Crippen LogP contribution in [-0.4, -0.2) is 30.8 Å². The van der Waals surface area contributed by atoms with Gasteiger partial charge in [-0.15, -0.1) is 10.2 Å². The van der Waals surface area contributed by atoms with Crippen molar-refractivity contribution in [3.63, 3.8) is 0 Å². The van der Waals surface area contributed by atoms with Crippen LogP contribution in [0.4, 0.5) is 10.8 Å². The first-order valence-corrected chi connectivity index (χ1v) is 7.11. The molecular weight excluding hydrogens is 296 g/mol. The van der Waals surface area contributed by atoms with Crippen LogP contribution in [0.2, 0.25) is 0 Å². The molecule has 1 saturated carbocycles. The van der Waals surface area contributed by atoms with Gasteiger partial charge in [0.15, 0.2) is 0 Å². The van der Waals surface area contributed by atoms with Crippen molar-refractivity contribution >= 4 is 28.1 Å². The number of aryl methyl sites for hydroxylation is 2. The summed E-state index contributed by atoms with van der Waals surface area (Å²) < 4.78 is 1.20. The van der Waals surface area contributed by atoms with E-state index in [-0.39, 0.29) is 17.1 Å². The zero-order valence-corrected chi connectivity index (χ0v) is 12.2. The Balaban J connectivity index is 1.86. The largest absolute Gasteiger partial charge is 0.322 e. The molecule has 0 spiro atoms. The van der Waals surface area contributed by atoms with E-state index in [2.05, 4.69) is 20.6 Å². The van der Waals surface area contributed by atoms with Gasteiger partial charge in [-0.1, -0.05) is 11.3 Å². The molecule has 2 aromatic heterocycles. The van der Waals surface area contributed by atoms with Crippen molar-refractivity contribution in [3.05, 3.63) is 26.5 Å². The highest BCUT2D eigenvalue weighted by Crippen LogP contribution is 2.42. The Morgan fingerprint density at radius 2 is 2.19 bits per heavy atom. The lowest BCUT2D eigenvalue weighted by atomic mass is 10.3. The maximum atomic E-state index is 12.2.